The van der Waals surface area contributed by atoms with Crippen LogP contribution in [0.1, 0.15) is 60.4 Å². The average Bonchev–Trinajstić information content (AvgIpc) is 3.38. The summed E-state index contributed by atoms with van der Waals surface area (Å²) >= 11 is 0. The molecule has 0 saturated carbocycles. The number of H-pyrrole nitrogens is 1. The number of amides is 3. The van der Waals surface area contributed by atoms with Crippen LogP contribution in [0.2, 0.25) is 0 Å². The van der Waals surface area contributed by atoms with Crippen molar-refractivity contribution in [2.75, 3.05) is 0 Å². The predicted octanol–water partition coefficient (Wildman–Crippen LogP) is 2.76. The van der Waals surface area contributed by atoms with E-state index >= 15 is 0 Å². The van der Waals surface area contributed by atoms with Crippen molar-refractivity contribution in [2.24, 2.45) is 5.92 Å². The summed E-state index contributed by atoms with van der Waals surface area (Å²) in [4.78, 5) is 56.7. The predicted molar refractivity (Wildman–Crippen MR) is 137 cm³/mol. The highest BCUT2D eigenvalue weighted by Gasteiger charge is 2.49. The molecule has 192 valence electrons. The third kappa shape index (κ3) is 4.24. The summed E-state index contributed by atoms with van der Waals surface area (Å²) in [5.41, 5.74) is 4.21. The van der Waals surface area contributed by atoms with Gasteiger partial charge < -0.3 is 25.6 Å². The minimum Gasteiger partial charge on any atom is -0.480 e. The van der Waals surface area contributed by atoms with Gasteiger partial charge in [0.05, 0.1) is 6.04 Å². The van der Waals surface area contributed by atoms with Crippen molar-refractivity contribution in [3.05, 3.63) is 70.9 Å². The molecule has 0 fully saturated rings. The number of nitrogens with zero attached hydrogens (tertiary/aromatic N) is 1. The number of nitrogens with one attached hydrogen (secondary N) is 3. The summed E-state index contributed by atoms with van der Waals surface area (Å²) < 4.78 is 0. The molecule has 9 heteroatoms. The summed E-state index contributed by atoms with van der Waals surface area (Å²) in [6.45, 7) is 5.21. The van der Waals surface area contributed by atoms with E-state index < -0.39 is 42.0 Å². The number of benzene rings is 2. The minimum absolute atomic E-state index is 0.0631. The van der Waals surface area contributed by atoms with Crippen molar-refractivity contribution in [1.82, 2.24) is 20.5 Å². The zero-order chi connectivity index (χ0) is 26.4. The minimum atomic E-state index is -1.16. The lowest BCUT2D eigenvalue weighted by atomic mass is 9.89. The van der Waals surface area contributed by atoms with E-state index in [4.69, 9.17) is 0 Å². The molecule has 0 bridgehead atoms. The molecule has 4 atom stereocenters. The first-order chi connectivity index (χ1) is 17.7. The Morgan fingerprint density at radius 2 is 1.76 bits per heavy atom. The van der Waals surface area contributed by atoms with E-state index in [1.165, 1.54) is 6.92 Å². The molecule has 2 aromatic carbocycles. The maximum Gasteiger partial charge on any atom is 0.325 e. The fourth-order valence-electron chi connectivity index (χ4n) is 5.48. The molecule has 37 heavy (non-hydrogen) atoms. The van der Waals surface area contributed by atoms with Gasteiger partial charge in [-0.1, -0.05) is 50.2 Å². The summed E-state index contributed by atoms with van der Waals surface area (Å²) in [6.07, 6.45) is 0.621. The monoisotopic (exact) mass is 502 g/mol. The zero-order valence-electron chi connectivity index (χ0n) is 20.9. The topological polar surface area (TPSA) is 132 Å². The number of carboxylic acids is 1. The van der Waals surface area contributed by atoms with Crippen LogP contribution in [0.5, 0.6) is 0 Å². The number of aromatic amines is 1. The second kappa shape index (κ2) is 9.38. The van der Waals surface area contributed by atoms with Crippen LogP contribution in [-0.2, 0) is 20.8 Å². The Morgan fingerprint density at radius 3 is 2.49 bits per heavy atom. The number of aromatic nitrogens is 1. The molecule has 0 spiro atoms. The SMILES string of the molecule is CC(C)CC(NC(=O)C1Cc2c([nH]c3ccccc23)C2c3ccccc3C(=O)N12)C(=O)NC(C)C(=O)O. The lowest BCUT2D eigenvalue weighted by Crippen LogP contribution is -2.57. The first kappa shape index (κ1) is 24.5. The number of carboxylic acid groups (broad SMARTS) is 1. The smallest absolute Gasteiger partial charge is 0.325 e. The standard InChI is InChI=1S/C28H30N4O5/c1-14(2)12-21(25(33)29-15(3)28(36)37)31-26(34)22-13-19-16-8-6-7-11-20(16)30-23(19)24-17-9-4-5-10-18(17)27(35)32(22)24/h4-11,14-15,21-22,24,30H,12-13H2,1-3H3,(H,29,33)(H,31,34)(H,36,37). The van der Waals surface area contributed by atoms with Gasteiger partial charge in [0.15, 0.2) is 0 Å². The van der Waals surface area contributed by atoms with Gasteiger partial charge in [0.25, 0.3) is 5.91 Å². The number of hydrogen-bond acceptors (Lipinski definition) is 4. The summed E-state index contributed by atoms with van der Waals surface area (Å²) in [6, 6.07) is 11.9. The fourth-order valence-corrected chi connectivity index (χ4v) is 5.48. The van der Waals surface area contributed by atoms with Crippen LogP contribution in [0.3, 0.4) is 0 Å². The molecule has 3 amide bonds. The molecule has 2 aliphatic rings. The van der Waals surface area contributed by atoms with Crippen LogP contribution in [-0.4, -0.2) is 56.8 Å². The molecule has 0 radical (unpaired) electrons. The third-order valence-electron chi connectivity index (χ3n) is 7.22. The second-order valence-electron chi connectivity index (χ2n) is 10.2. The van der Waals surface area contributed by atoms with Crippen molar-refractivity contribution < 1.29 is 24.3 Å². The molecule has 3 aromatic rings. The van der Waals surface area contributed by atoms with Gasteiger partial charge in [-0.25, -0.2) is 0 Å². The van der Waals surface area contributed by atoms with Crippen molar-refractivity contribution >= 4 is 34.6 Å². The van der Waals surface area contributed by atoms with E-state index in [0.717, 1.165) is 27.7 Å². The highest BCUT2D eigenvalue weighted by Crippen LogP contribution is 2.46. The quantitative estimate of drug-likeness (QED) is 0.395. The van der Waals surface area contributed by atoms with Crippen molar-refractivity contribution in [3.63, 3.8) is 0 Å². The Labute approximate surface area is 214 Å². The van der Waals surface area contributed by atoms with Crippen LogP contribution in [0.15, 0.2) is 48.5 Å². The molecule has 4 N–H and O–H groups in total. The number of carbonyl (C=O) groups excluding carboxylic acids is 3. The molecule has 2 aliphatic heterocycles. The molecule has 3 heterocycles. The van der Waals surface area contributed by atoms with E-state index in [9.17, 15) is 24.3 Å². The number of aliphatic carboxylic acids is 1. The van der Waals surface area contributed by atoms with Gasteiger partial charge in [0.2, 0.25) is 11.8 Å². The lowest BCUT2D eigenvalue weighted by Gasteiger charge is -2.38. The van der Waals surface area contributed by atoms with Crippen LogP contribution < -0.4 is 10.6 Å². The second-order valence-corrected chi connectivity index (χ2v) is 10.2. The molecule has 1 aromatic heterocycles. The largest absolute Gasteiger partial charge is 0.480 e. The Bertz CT molecular complexity index is 1410. The van der Waals surface area contributed by atoms with E-state index in [1.807, 2.05) is 56.3 Å². The highest BCUT2D eigenvalue weighted by molar-refractivity contribution is 6.04. The first-order valence-corrected chi connectivity index (χ1v) is 12.5. The van der Waals surface area contributed by atoms with Gasteiger partial charge in [-0.3, -0.25) is 19.2 Å². The molecular formula is C28H30N4O5. The Kier molecular flexibility index (Phi) is 6.23. The average molecular weight is 503 g/mol. The normalized spacial score (nSPS) is 19.7. The summed E-state index contributed by atoms with van der Waals surface area (Å²) in [7, 11) is 0. The van der Waals surface area contributed by atoms with Gasteiger partial charge in [-0.05, 0) is 42.5 Å². The van der Waals surface area contributed by atoms with E-state index in [1.54, 1.807) is 11.0 Å². The van der Waals surface area contributed by atoms with E-state index in [2.05, 4.69) is 15.6 Å². The van der Waals surface area contributed by atoms with Crippen molar-refractivity contribution in [1.29, 1.82) is 0 Å². The third-order valence-corrected chi connectivity index (χ3v) is 7.22. The van der Waals surface area contributed by atoms with Crippen molar-refractivity contribution in [3.8, 4) is 0 Å². The number of rotatable bonds is 7. The first-order valence-electron chi connectivity index (χ1n) is 12.5. The van der Waals surface area contributed by atoms with Crippen LogP contribution in [0.25, 0.3) is 10.9 Å². The van der Waals surface area contributed by atoms with Gasteiger partial charge in [0, 0.05) is 28.6 Å². The van der Waals surface area contributed by atoms with Crippen LogP contribution in [0, 0.1) is 5.92 Å². The number of fused-ring (bicyclic) bond motifs is 7. The number of carbonyl (C=O) groups is 4. The molecule has 4 unspecified atom stereocenters. The Hall–Kier alpha value is -4.14. The van der Waals surface area contributed by atoms with E-state index in [-0.39, 0.29) is 11.8 Å². The molecule has 5 rings (SSSR count). The van der Waals surface area contributed by atoms with E-state index in [0.29, 0.717) is 18.4 Å². The van der Waals surface area contributed by atoms with Gasteiger partial charge in [-0.2, -0.15) is 0 Å². The molecule has 0 aliphatic carbocycles. The molecule has 9 nitrogen and oxygen atoms in total. The maximum atomic E-state index is 13.8. The van der Waals surface area contributed by atoms with Gasteiger partial charge in [-0.15, -0.1) is 0 Å². The number of para-hydroxylation sites is 1. The molecular weight excluding hydrogens is 472 g/mol. The van der Waals surface area contributed by atoms with Gasteiger partial charge in [0.1, 0.15) is 18.1 Å². The lowest BCUT2D eigenvalue weighted by molar-refractivity contribution is -0.141. The summed E-state index contributed by atoms with van der Waals surface area (Å²) in [5, 5.41) is 15.5. The van der Waals surface area contributed by atoms with Crippen molar-refractivity contribution in [2.45, 2.75) is 57.8 Å². The van der Waals surface area contributed by atoms with Crippen LogP contribution in [0.4, 0.5) is 0 Å². The maximum absolute atomic E-state index is 13.8. The fraction of sp³-hybridized carbons (Fsp3) is 0.357. The van der Waals surface area contributed by atoms with Gasteiger partial charge >= 0.3 is 5.97 Å². The molecule has 0 saturated heterocycles. The number of hydrogen-bond donors (Lipinski definition) is 4. The Morgan fingerprint density at radius 1 is 1.05 bits per heavy atom. The van der Waals surface area contributed by atoms with Crippen LogP contribution >= 0.6 is 0 Å². The highest BCUT2D eigenvalue weighted by atomic mass is 16.4. The summed E-state index contributed by atoms with van der Waals surface area (Å²) in [5.74, 6) is -2.33. The zero-order valence-corrected chi connectivity index (χ0v) is 20.9. The Balaban J connectivity index is 1.52.